The second-order valence-corrected chi connectivity index (χ2v) is 8.07. The lowest BCUT2D eigenvalue weighted by atomic mass is 9.79. The van der Waals surface area contributed by atoms with E-state index in [0.717, 1.165) is 45.3 Å². The van der Waals surface area contributed by atoms with Gasteiger partial charge >= 0.3 is 0 Å². The molecule has 0 aromatic heterocycles. The van der Waals surface area contributed by atoms with E-state index in [1.807, 2.05) is 11.8 Å². The Morgan fingerprint density at radius 2 is 2.00 bits per heavy atom. The Morgan fingerprint density at radius 3 is 2.60 bits per heavy atom. The van der Waals surface area contributed by atoms with Gasteiger partial charge in [0.1, 0.15) is 0 Å². The predicted octanol–water partition coefficient (Wildman–Crippen LogP) is -0.0837. The molecule has 116 valence electrons. The maximum Gasteiger partial charge on any atom is 0.228 e. The highest BCUT2D eigenvalue weighted by Crippen LogP contribution is 2.31. The minimum Gasteiger partial charge on any atom is -0.341 e. The number of likely N-dealkylation sites (tertiary alicyclic amines) is 1. The number of nitrogens with one attached hydrogen (secondary N) is 2. The van der Waals surface area contributed by atoms with E-state index in [-0.39, 0.29) is 17.4 Å². The highest BCUT2D eigenvalue weighted by Gasteiger charge is 2.39. The number of carbonyl (C=O) groups excluding carboxylic acids is 1. The Morgan fingerprint density at radius 1 is 1.35 bits per heavy atom. The first-order valence-electron chi connectivity index (χ1n) is 7.28. The molecule has 0 radical (unpaired) electrons. The average Bonchev–Trinajstić information content (AvgIpc) is 2.37. The van der Waals surface area contributed by atoms with Crippen molar-refractivity contribution in [1.29, 1.82) is 0 Å². The van der Waals surface area contributed by atoms with Crippen LogP contribution in [-0.2, 0) is 14.8 Å². The van der Waals surface area contributed by atoms with Crippen molar-refractivity contribution >= 4 is 15.9 Å². The van der Waals surface area contributed by atoms with Crippen molar-refractivity contribution in [2.45, 2.75) is 38.6 Å². The van der Waals surface area contributed by atoms with E-state index in [2.05, 4.69) is 10.0 Å². The molecule has 2 rings (SSSR count). The van der Waals surface area contributed by atoms with Crippen molar-refractivity contribution in [3.8, 4) is 0 Å². The molecule has 0 spiro atoms. The van der Waals surface area contributed by atoms with Gasteiger partial charge in [-0.25, -0.2) is 13.1 Å². The number of amides is 1. The van der Waals surface area contributed by atoms with E-state index in [1.165, 1.54) is 6.26 Å². The lowest BCUT2D eigenvalue weighted by Crippen LogP contribution is -2.54. The molecule has 2 heterocycles. The summed E-state index contributed by atoms with van der Waals surface area (Å²) < 4.78 is 25.3. The van der Waals surface area contributed by atoms with Gasteiger partial charge in [-0.05, 0) is 38.8 Å². The highest BCUT2D eigenvalue weighted by atomic mass is 32.2. The van der Waals surface area contributed by atoms with Crippen LogP contribution in [0.15, 0.2) is 0 Å². The lowest BCUT2D eigenvalue weighted by molar-refractivity contribution is -0.144. The smallest absolute Gasteiger partial charge is 0.228 e. The van der Waals surface area contributed by atoms with Gasteiger partial charge < -0.3 is 10.2 Å². The molecule has 7 heteroatoms. The molecule has 6 nitrogen and oxygen atoms in total. The van der Waals surface area contributed by atoms with E-state index in [1.54, 1.807) is 0 Å². The third-order valence-corrected chi connectivity index (χ3v) is 5.07. The summed E-state index contributed by atoms with van der Waals surface area (Å²) in [6.45, 7) is 5.02. The normalized spacial score (nSPS) is 27.3. The second-order valence-electron chi connectivity index (χ2n) is 6.29. The molecule has 2 aliphatic heterocycles. The summed E-state index contributed by atoms with van der Waals surface area (Å²) in [6, 6.07) is -0.145. The SMILES string of the molecule is CC1(C(=O)N2CCCC(NS(C)(=O)=O)C2)CCNCC1. The molecule has 2 saturated heterocycles. The number of carbonyl (C=O) groups is 1. The Balaban J connectivity index is 1.99. The van der Waals surface area contributed by atoms with Gasteiger partial charge in [0.25, 0.3) is 0 Å². The van der Waals surface area contributed by atoms with Crippen LogP contribution in [0.4, 0.5) is 0 Å². The summed E-state index contributed by atoms with van der Waals surface area (Å²) >= 11 is 0. The van der Waals surface area contributed by atoms with Gasteiger partial charge in [-0.3, -0.25) is 4.79 Å². The van der Waals surface area contributed by atoms with E-state index >= 15 is 0 Å². The summed E-state index contributed by atoms with van der Waals surface area (Å²) in [4.78, 5) is 14.6. The van der Waals surface area contributed by atoms with E-state index in [4.69, 9.17) is 0 Å². The monoisotopic (exact) mass is 303 g/mol. The molecular formula is C13H25N3O3S. The second kappa shape index (κ2) is 5.99. The van der Waals surface area contributed by atoms with Gasteiger partial charge in [-0.15, -0.1) is 0 Å². The van der Waals surface area contributed by atoms with E-state index in [9.17, 15) is 13.2 Å². The quantitative estimate of drug-likeness (QED) is 0.764. The molecule has 1 atom stereocenters. The summed E-state index contributed by atoms with van der Waals surface area (Å²) in [5.41, 5.74) is -0.293. The molecule has 2 N–H and O–H groups in total. The molecular weight excluding hydrogens is 278 g/mol. The maximum atomic E-state index is 12.7. The van der Waals surface area contributed by atoms with Crippen LogP contribution in [0.25, 0.3) is 0 Å². The molecule has 2 aliphatic rings. The average molecular weight is 303 g/mol. The van der Waals surface area contributed by atoms with Gasteiger partial charge in [0.2, 0.25) is 15.9 Å². The molecule has 20 heavy (non-hydrogen) atoms. The fourth-order valence-electron chi connectivity index (χ4n) is 3.13. The lowest BCUT2D eigenvalue weighted by Gasteiger charge is -2.40. The Bertz CT molecular complexity index is 457. The number of hydrogen-bond donors (Lipinski definition) is 2. The largest absolute Gasteiger partial charge is 0.341 e. The fraction of sp³-hybridized carbons (Fsp3) is 0.923. The molecule has 0 bridgehead atoms. The van der Waals surface area contributed by atoms with Crippen LogP contribution in [0.3, 0.4) is 0 Å². The summed E-state index contributed by atoms with van der Waals surface area (Å²) in [5.74, 6) is 0.180. The van der Waals surface area contributed by atoms with Gasteiger partial charge in [-0.2, -0.15) is 0 Å². The molecule has 0 aromatic carbocycles. The molecule has 0 aromatic rings. The Hall–Kier alpha value is -0.660. The molecule has 2 fully saturated rings. The first kappa shape index (κ1) is 15.7. The van der Waals surface area contributed by atoms with Crippen molar-refractivity contribution < 1.29 is 13.2 Å². The van der Waals surface area contributed by atoms with E-state index in [0.29, 0.717) is 6.54 Å². The molecule has 1 unspecified atom stereocenters. The number of sulfonamides is 1. The zero-order valence-corrected chi connectivity index (χ0v) is 13.1. The third kappa shape index (κ3) is 3.93. The summed E-state index contributed by atoms with van der Waals surface area (Å²) in [6.07, 6.45) is 4.53. The minimum atomic E-state index is -3.21. The highest BCUT2D eigenvalue weighted by molar-refractivity contribution is 7.88. The summed E-state index contributed by atoms with van der Waals surface area (Å²) in [5, 5.41) is 3.28. The Labute approximate surface area is 121 Å². The van der Waals surface area contributed by atoms with Crippen molar-refractivity contribution in [2.24, 2.45) is 5.41 Å². The zero-order valence-electron chi connectivity index (χ0n) is 12.3. The minimum absolute atomic E-state index is 0.145. The third-order valence-electron chi connectivity index (χ3n) is 4.31. The topological polar surface area (TPSA) is 78.5 Å². The van der Waals surface area contributed by atoms with Crippen LogP contribution in [0.5, 0.6) is 0 Å². The number of hydrogen-bond acceptors (Lipinski definition) is 4. The zero-order chi connectivity index (χ0) is 14.8. The van der Waals surface area contributed by atoms with Gasteiger partial charge in [0, 0.05) is 24.5 Å². The van der Waals surface area contributed by atoms with Crippen molar-refractivity contribution in [2.75, 3.05) is 32.4 Å². The van der Waals surface area contributed by atoms with E-state index < -0.39 is 10.0 Å². The van der Waals surface area contributed by atoms with Crippen LogP contribution in [0.2, 0.25) is 0 Å². The first-order chi connectivity index (χ1) is 9.30. The number of nitrogens with zero attached hydrogens (tertiary/aromatic N) is 1. The molecule has 0 saturated carbocycles. The first-order valence-corrected chi connectivity index (χ1v) is 9.17. The van der Waals surface area contributed by atoms with Gasteiger partial charge in [0.05, 0.1) is 6.26 Å². The van der Waals surface area contributed by atoms with Crippen molar-refractivity contribution in [3.63, 3.8) is 0 Å². The Kier molecular flexibility index (Phi) is 4.71. The summed E-state index contributed by atoms with van der Waals surface area (Å²) in [7, 11) is -3.21. The van der Waals surface area contributed by atoms with Crippen LogP contribution >= 0.6 is 0 Å². The fourth-order valence-corrected chi connectivity index (χ4v) is 3.93. The van der Waals surface area contributed by atoms with Crippen LogP contribution in [0, 0.1) is 5.41 Å². The van der Waals surface area contributed by atoms with Crippen LogP contribution in [0.1, 0.15) is 32.6 Å². The van der Waals surface area contributed by atoms with Crippen molar-refractivity contribution in [3.05, 3.63) is 0 Å². The standard InChI is InChI=1S/C13H25N3O3S/c1-13(5-7-14-8-6-13)12(17)16-9-3-4-11(10-16)15-20(2,18)19/h11,14-15H,3-10H2,1-2H3. The van der Waals surface area contributed by atoms with Crippen LogP contribution in [-0.4, -0.2) is 57.7 Å². The van der Waals surface area contributed by atoms with Gasteiger partial charge in [-0.1, -0.05) is 6.92 Å². The molecule has 0 aliphatic carbocycles. The van der Waals surface area contributed by atoms with Crippen molar-refractivity contribution in [1.82, 2.24) is 14.9 Å². The molecule has 1 amide bonds. The predicted molar refractivity (Wildman–Crippen MR) is 77.8 cm³/mol. The van der Waals surface area contributed by atoms with Crippen LogP contribution < -0.4 is 10.0 Å². The number of piperidine rings is 2. The number of rotatable bonds is 3. The van der Waals surface area contributed by atoms with Gasteiger partial charge in [0.15, 0.2) is 0 Å². The maximum absolute atomic E-state index is 12.7.